The first-order chi connectivity index (χ1) is 8.08. The van der Waals surface area contributed by atoms with Crippen molar-refractivity contribution in [3.8, 4) is 0 Å². The van der Waals surface area contributed by atoms with Crippen molar-refractivity contribution in [1.29, 1.82) is 0 Å². The Morgan fingerprint density at radius 1 is 1.53 bits per heavy atom. The largest absolute Gasteiger partial charge is 0.370 e. The first kappa shape index (κ1) is 14.5. The monoisotopic (exact) mass is 242 g/mol. The third-order valence-electron chi connectivity index (χ3n) is 3.72. The summed E-state index contributed by atoms with van der Waals surface area (Å²) >= 11 is 0. The highest BCUT2D eigenvalue weighted by Crippen LogP contribution is 2.22. The highest BCUT2D eigenvalue weighted by Gasteiger charge is 2.36. The molecular weight excluding hydrogens is 216 g/mol. The van der Waals surface area contributed by atoms with Gasteiger partial charge in [-0.1, -0.05) is 27.2 Å². The molecule has 1 aliphatic rings. The van der Waals surface area contributed by atoms with Crippen molar-refractivity contribution >= 4 is 5.91 Å². The molecule has 0 aliphatic carbocycles. The summed E-state index contributed by atoms with van der Waals surface area (Å²) in [5.74, 6) is 0.367. The number of hydrogen-bond acceptors (Lipinski definition) is 3. The smallest absolute Gasteiger partial charge is 0.225 e. The average Bonchev–Trinajstić information content (AvgIpc) is 2.38. The van der Waals surface area contributed by atoms with E-state index in [1.807, 2.05) is 11.8 Å². The predicted molar refractivity (Wildman–Crippen MR) is 68.7 cm³/mol. The number of rotatable bonds is 5. The van der Waals surface area contributed by atoms with Gasteiger partial charge in [-0.2, -0.15) is 0 Å². The minimum atomic E-state index is -0.320. The molecule has 1 amide bonds. The van der Waals surface area contributed by atoms with Crippen molar-refractivity contribution < 1.29 is 9.53 Å². The van der Waals surface area contributed by atoms with Gasteiger partial charge >= 0.3 is 0 Å². The van der Waals surface area contributed by atoms with Crippen LogP contribution in [-0.4, -0.2) is 42.6 Å². The number of nitrogens with zero attached hydrogens (tertiary/aromatic N) is 1. The Morgan fingerprint density at radius 2 is 2.24 bits per heavy atom. The molecule has 1 heterocycles. The standard InChI is InChI=1S/C13H26N2O2/c1-4-6-11(3)12(16)15-7-8-17-13(5-2,9-14)10-15/h11H,4-10,14H2,1-3H3. The highest BCUT2D eigenvalue weighted by molar-refractivity contribution is 5.78. The predicted octanol–water partition coefficient (Wildman–Crippen LogP) is 1.39. The Bertz CT molecular complexity index is 252. The summed E-state index contributed by atoms with van der Waals surface area (Å²) in [4.78, 5) is 14.2. The minimum absolute atomic E-state index is 0.116. The summed E-state index contributed by atoms with van der Waals surface area (Å²) in [5.41, 5.74) is 5.46. The molecule has 0 radical (unpaired) electrons. The SMILES string of the molecule is CCCC(C)C(=O)N1CCOC(CC)(CN)C1. The molecule has 1 saturated heterocycles. The summed E-state index contributed by atoms with van der Waals surface area (Å²) in [7, 11) is 0. The Kier molecular flexibility index (Phi) is 5.40. The molecule has 0 aromatic heterocycles. The summed E-state index contributed by atoms with van der Waals surface area (Å²) in [5, 5.41) is 0. The quantitative estimate of drug-likeness (QED) is 0.792. The van der Waals surface area contributed by atoms with Crippen molar-refractivity contribution in [3.63, 3.8) is 0 Å². The van der Waals surface area contributed by atoms with Gasteiger partial charge in [-0.3, -0.25) is 4.79 Å². The Hall–Kier alpha value is -0.610. The molecule has 0 saturated carbocycles. The second kappa shape index (κ2) is 6.36. The molecule has 0 aromatic carbocycles. The molecule has 100 valence electrons. The van der Waals surface area contributed by atoms with E-state index in [0.29, 0.717) is 26.2 Å². The van der Waals surface area contributed by atoms with Crippen LogP contribution < -0.4 is 5.73 Å². The molecule has 1 aliphatic heterocycles. The van der Waals surface area contributed by atoms with Crippen LogP contribution in [0.5, 0.6) is 0 Å². The van der Waals surface area contributed by atoms with Crippen LogP contribution in [-0.2, 0) is 9.53 Å². The third-order valence-corrected chi connectivity index (χ3v) is 3.72. The lowest BCUT2D eigenvalue weighted by Gasteiger charge is -2.42. The van der Waals surface area contributed by atoms with Crippen LogP contribution >= 0.6 is 0 Å². The molecule has 0 aromatic rings. The van der Waals surface area contributed by atoms with Crippen LogP contribution in [0.1, 0.15) is 40.0 Å². The van der Waals surface area contributed by atoms with Crippen LogP contribution in [0.15, 0.2) is 0 Å². The van der Waals surface area contributed by atoms with Gasteiger partial charge < -0.3 is 15.4 Å². The molecule has 17 heavy (non-hydrogen) atoms. The number of morpholine rings is 1. The minimum Gasteiger partial charge on any atom is -0.370 e. The maximum Gasteiger partial charge on any atom is 0.225 e. The van der Waals surface area contributed by atoms with Crippen molar-refractivity contribution in [2.75, 3.05) is 26.2 Å². The number of amides is 1. The maximum absolute atomic E-state index is 12.2. The van der Waals surface area contributed by atoms with Crippen LogP contribution in [0, 0.1) is 5.92 Å². The summed E-state index contributed by atoms with van der Waals surface area (Å²) in [6, 6.07) is 0. The van der Waals surface area contributed by atoms with E-state index in [9.17, 15) is 4.79 Å². The second-order valence-corrected chi connectivity index (χ2v) is 5.04. The first-order valence-corrected chi connectivity index (χ1v) is 6.71. The molecule has 2 atom stereocenters. The van der Waals surface area contributed by atoms with Crippen molar-refractivity contribution in [1.82, 2.24) is 4.90 Å². The molecule has 0 spiro atoms. The molecule has 4 heteroatoms. The van der Waals surface area contributed by atoms with Crippen molar-refractivity contribution in [3.05, 3.63) is 0 Å². The van der Waals surface area contributed by atoms with Gasteiger partial charge in [0.2, 0.25) is 5.91 Å². The molecule has 1 fully saturated rings. The molecular formula is C13H26N2O2. The summed E-state index contributed by atoms with van der Waals surface area (Å²) in [6.07, 6.45) is 2.86. The van der Waals surface area contributed by atoms with E-state index in [1.54, 1.807) is 0 Å². The molecule has 1 rings (SSSR count). The van der Waals surface area contributed by atoms with E-state index in [-0.39, 0.29) is 17.4 Å². The van der Waals surface area contributed by atoms with Crippen LogP contribution in [0.3, 0.4) is 0 Å². The fourth-order valence-corrected chi connectivity index (χ4v) is 2.38. The molecule has 4 nitrogen and oxygen atoms in total. The highest BCUT2D eigenvalue weighted by atomic mass is 16.5. The number of nitrogens with two attached hydrogens (primary N) is 1. The normalized spacial score (nSPS) is 26.9. The van der Waals surface area contributed by atoms with E-state index in [4.69, 9.17) is 10.5 Å². The van der Waals surface area contributed by atoms with Crippen LogP contribution in [0.25, 0.3) is 0 Å². The first-order valence-electron chi connectivity index (χ1n) is 6.71. The number of ether oxygens (including phenoxy) is 1. The van der Waals surface area contributed by atoms with Gasteiger partial charge in [0.05, 0.1) is 18.8 Å². The van der Waals surface area contributed by atoms with Gasteiger partial charge in [-0.25, -0.2) is 0 Å². The van der Waals surface area contributed by atoms with Gasteiger partial charge in [0.15, 0.2) is 0 Å². The molecule has 2 N–H and O–H groups in total. The van der Waals surface area contributed by atoms with E-state index in [1.165, 1.54) is 0 Å². The topological polar surface area (TPSA) is 55.6 Å². The molecule has 0 bridgehead atoms. The Labute approximate surface area is 104 Å². The van der Waals surface area contributed by atoms with Gasteiger partial charge in [0.25, 0.3) is 0 Å². The molecule has 2 unspecified atom stereocenters. The van der Waals surface area contributed by atoms with Crippen molar-refractivity contribution in [2.24, 2.45) is 11.7 Å². The van der Waals surface area contributed by atoms with E-state index in [2.05, 4.69) is 13.8 Å². The second-order valence-electron chi connectivity index (χ2n) is 5.04. The zero-order valence-corrected chi connectivity index (χ0v) is 11.4. The fourth-order valence-electron chi connectivity index (χ4n) is 2.38. The lowest BCUT2D eigenvalue weighted by Crippen LogP contribution is -2.57. The van der Waals surface area contributed by atoms with Crippen molar-refractivity contribution in [2.45, 2.75) is 45.6 Å². The summed E-state index contributed by atoms with van der Waals surface area (Å²) in [6.45, 7) is 8.62. The fraction of sp³-hybridized carbons (Fsp3) is 0.923. The van der Waals surface area contributed by atoms with E-state index >= 15 is 0 Å². The zero-order chi connectivity index (χ0) is 12.9. The maximum atomic E-state index is 12.2. The third kappa shape index (κ3) is 3.42. The van der Waals surface area contributed by atoms with Crippen LogP contribution in [0.2, 0.25) is 0 Å². The number of carbonyl (C=O) groups excluding carboxylic acids is 1. The van der Waals surface area contributed by atoms with Gasteiger partial charge in [-0.05, 0) is 12.8 Å². The lowest BCUT2D eigenvalue weighted by molar-refractivity contribution is -0.153. The lowest BCUT2D eigenvalue weighted by atomic mass is 9.96. The van der Waals surface area contributed by atoms with Gasteiger partial charge in [0.1, 0.15) is 0 Å². The number of hydrogen-bond donors (Lipinski definition) is 1. The Morgan fingerprint density at radius 3 is 2.76 bits per heavy atom. The van der Waals surface area contributed by atoms with E-state index in [0.717, 1.165) is 19.3 Å². The summed E-state index contributed by atoms with van der Waals surface area (Å²) < 4.78 is 5.77. The average molecular weight is 242 g/mol. The van der Waals surface area contributed by atoms with Gasteiger partial charge in [-0.15, -0.1) is 0 Å². The van der Waals surface area contributed by atoms with Crippen LogP contribution in [0.4, 0.5) is 0 Å². The zero-order valence-electron chi connectivity index (χ0n) is 11.4. The number of carbonyl (C=O) groups is 1. The van der Waals surface area contributed by atoms with E-state index < -0.39 is 0 Å². The Balaban J connectivity index is 2.62. The van der Waals surface area contributed by atoms with Gasteiger partial charge in [0, 0.05) is 19.0 Å².